The van der Waals surface area contributed by atoms with Crippen LogP contribution in [0.4, 0.5) is 0 Å². The summed E-state index contributed by atoms with van der Waals surface area (Å²) in [7, 11) is 0. The molecule has 0 nitrogen and oxygen atoms in total. The third-order valence-electron chi connectivity index (χ3n) is 10.8. The van der Waals surface area contributed by atoms with Gasteiger partial charge in [-0.2, -0.15) is 0 Å². The molecule has 6 fully saturated rings. The van der Waals surface area contributed by atoms with Gasteiger partial charge in [0.05, 0.1) is 25.4 Å². The fraction of sp³-hybridized carbons (Fsp3) is 0.769. The number of hydrogen-bond acceptors (Lipinski definition) is 8. The van der Waals surface area contributed by atoms with E-state index in [9.17, 15) is 0 Å². The maximum absolute atomic E-state index is 2.56. The molecule has 184 valence electrons. The first-order valence-corrected chi connectivity index (χ1v) is 19.7. The summed E-state index contributed by atoms with van der Waals surface area (Å²) >= 11 is 17.5. The van der Waals surface area contributed by atoms with E-state index in [1.165, 1.54) is 50.0 Å². The first-order valence-electron chi connectivity index (χ1n) is 12.8. The zero-order valence-electron chi connectivity index (χ0n) is 20.2. The third-order valence-corrected chi connectivity index (χ3v) is 24.1. The SMILES string of the molecule is CC1(C)[C@H]2CC[C@@]3(CSC4=C(S/C(=C5/SC6=C(S5)S[C@]5(CC[C@H]7C[C@@H]5C7(C)C)CS6)S4)S3)[C@@H]1C2. The molecule has 8 heteroatoms. The lowest BCUT2D eigenvalue weighted by Gasteiger charge is -2.65. The van der Waals surface area contributed by atoms with Crippen LogP contribution in [0.15, 0.2) is 25.4 Å². The molecule has 6 atom stereocenters. The zero-order chi connectivity index (χ0) is 23.1. The molecule has 0 unspecified atom stereocenters. The summed E-state index contributed by atoms with van der Waals surface area (Å²) in [4.78, 5) is 0. The maximum atomic E-state index is 2.56. The largest absolute Gasteiger partial charge is 0.116 e. The van der Waals surface area contributed by atoms with Crippen molar-refractivity contribution in [2.45, 2.75) is 75.7 Å². The van der Waals surface area contributed by atoms with Gasteiger partial charge in [0, 0.05) is 21.0 Å². The van der Waals surface area contributed by atoms with Gasteiger partial charge in [-0.05, 0) is 73.0 Å². The normalized spacial score (nSPS) is 49.8. The van der Waals surface area contributed by atoms with Gasteiger partial charge in [-0.3, -0.25) is 0 Å². The summed E-state index contributed by atoms with van der Waals surface area (Å²) in [5, 5.41) is 0. The summed E-state index contributed by atoms with van der Waals surface area (Å²) in [5.74, 6) is 6.52. The van der Waals surface area contributed by atoms with Crippen molar-refractivity contribution in [3.63, 3.8) is 0 Å². The molecule has 0 N–H and O–H groups in total. The van der Waals surface area contributed by atoms with Crippen LogP contribution in [0, 0.1) is 34.5 Å². The first-order chi connectivity index (χ1) is 16.2. The van der Waals surface area contributed by atoms with E-state index < -0.39 is 0 Å². The number of fused-ring (bicyclic) bond motifs is 2. The van der Waals surface area contributed by atoms with Gasteiger partial charge in [-0.25, -0.2) is 0 Å². The van der Waals surface area contributed by atoms with E-state index in [1.54, 1.807) is 25.4 Å². The van der Waals surface area contributed by atoms with Crippen LogP contribution in [0.3, 0.4) is 0 Å². The quantitative estimate of drug-likeness (QED) is 0.266. The Balaban J connectivity index is 0.996. The Labute approximate surface area is 239 Å². The highest BCUT2D eigenvalue weighted by Gasteiger charge is 2.64. The highest BCUT2D eigenvalue weighted by molar-refractivity contribution is 8.45. The second-order valence-electron chi connectivity index (χ2n) is 12.7. The van der Waals surface area contributed by atoms with Gasteiger partial charge in [0.1, 0.15) is 0 Å². The molecule has 0 aromatic rings. The smallest absolute Gasteiger partial charge is 0.0717 e. The summed E-state index contributed by atoms with van der Waals surface area (Å²) in [6, 6.07) is 0. The molecule has 6 aliphatic carbocycles. The predicted molar refractivity (Wildman–Crippen MR) is 166 cm³/mol. The van der Waals surface area contributed by atoms with Crippen molar-refractivity contribution in [3.8, 4) is 0 Å². The molecule has 0 amide bonds. The molecule has 0 radical (unpaired) electrons. The van der Waals surface area contributed by atoms with Crippen molar-refractivity contribution in [1.29, 1.82) is 0 Å². The fourth-order valence-corrected chi connectivity index (χ4v) is 23.0. The van der Waals surface area contributed by atoms with Crippen molar-refractivity contribution < 1.29 is 0 Å². The monoisotopic (exact) mass is 600 g/mol. The molecule has 10 aliphatic rings. The van der Waals surface area contributed by atoms with Gasteiger partial charge in [-0.15, -0.1) is 47.0 Å². The summed E-state index contributed by atoms with van der Waals surface area (Å²) < 4.78 is 10.8. The highest BCUT2D eigenvalue weighted by Crippen LogP contribution is 2.77. The number of rotatable bonds is 0. The molecule has 0 saturated heterocycles. The van der Waals surface area contributed by atoms with Crippen molar-refractivity contribution in [1.82, 2.24) is 0 Å². The molecular weight excluding hydrogens is 569 g/mol. The summed E-state index contributed by atoms with van der Waals surface area (Å²) in [6.45, 7) is 10.3. The molecule has 10 rings (SSSR count). The Bertz CT molecular complexity index is 996. The lowest BCUT2D eigenvalue weighted by atomic mass is 9.45. The Morgan fingerprint density at radius 2 is 0.971 bits per heavy atom. The van der Waals surface area contributed by atoms with E-state index in [2.05, 4.69) is 122 Å². The molecular formula is C26H32S8. The van der Waals surface area contributed by atoms with Crippen LogP contribution in [0.25, 0.3) is 0 Å². The van der Waals surface area contributed by atoms with Crippen molar-refractivity contribution >= 4 is 94.1 Å². The molecule has 4 heterocycles. The molecule has 0 aromatic heterocycles. The van der Waals surface area contributed by atoms with Crippen molar-refractivity contribution in [2.75, 3.05) is 11.5 Å². The predicted octanol–water partition coefficient (Wildman–Crippen LogP) is 10.7. The fourth-order valence-electron chi connectivity index (χ4n) is 8.39. The van der Waals surface area contributed by atoms with Crippen LogP contribution < -0.4 is 0 Å². The van der Waals surface area contributed by atoms with Crippen LogP contribution in [-0.4, -0.2) is 21.0 Å². The minimum Gasteiger partial charge on any atom is -0.116 e. The average Bonchev–Trinajstić information content (AvgIpc) is 3.41. The van der Waals surface area contributed by atoms with E-state index in [0.717, 1.165) is 23.7 Å². The van der Waals surface area contributed by atoms with E-state index in [4.69, 9.17) is 0 Å². The van der Waals surface area contributed by atoms with Crippen molar-refractivity contribution in [3.05, 3.63) is 25.4 Å². The van der Waals surface area contributed by atoms with Gasteiger partial charge < -0.3 is 0 Å². The zero-order valence-corrected chi connectivity index (χ0v) is 26.8. The van der Waals surface area contributed by atoms with Gasteiger partial charge >= 0.3 is 0 Å². The second kappa shape index (κ2) is 7.81. The summed E-state index contributed by atoms with van der Waals surface area (Å²) in [6.07, 6.45) is 8.80. The van der Waals surface area contributed by atoms with Crippen molar-refractivity contribution in [2.24, 2.45) is 34.5 Å². The van der Waals surface area contributed by atoms with Crippen LogP contribution in [-0.2, 0) is 0 Å². The molecule has 4 bridgehead atoms. The van der Waals surface area contributed by atoms with Crippen LogP contribution in [0.2, 0.25) is 0 Å². The Hall–Kier alpha value is 2.02. The minimum atomic E-state index is 0.509. The maximum Gasteiger partial charge on any atom is 0.0717 e. The topological polar surface area (TPSA) is 0 Å². The molecule has 2 spiro atoms. The molecule has 0 aromatic carbocycles. The summed E-state index contributed by atoms with van der Waals surface area (Å²) in [5.41, 5.74) is 1.14. The van der Waals surface area contributed by atoms with E-state index in [-0.39, 0.29) is 0 Å². The van der Waals surface area contributed by atoms with Gasteiger partial charge in [0.2, 0.25) is 0 Å². The van der Waals surface area contributed by atoms with Gasteiger partial charge in [0.15, 0.2) is 0 Å². The third kappa shape index (κ3) is 3.18. The standard InChI is InChI=1S/C26H32S8/c1-23(2)13-5-7-25(15(23)9-13)11-27-17-21(33-25)31-19(29-17)20-30-18-22(32-20)34-26(12-28-18)8-6-14-10-16(26)24(14,3)4/h13-16H,5-12H2,1-4H3/b20-19-/t13-,14-,15+,16+,25+,26+/m0/s1. The average molecular weight is 601 g/mol. The van der Waals surface area contributed by atoms with Crippen LogP contribution in [0.1, 0.15) is 66.2 Å². The highest BCUT2D eigenvalue weighted by atomic mass is 32.3. The Morgan fingerprint density at radius 1 is 0.559 bits per heavy atom. The van der Waals surface area contributed by atoms with E-state index >= 15 is 0 Å². The minimum absolute atomic E-state index is 0.509. The van der Waals surface area contributed by atoms with E-state index in [1.807, 2.05) is 0 Å². The first kappa shape index (κ1) is 23.9. The van der Waals surface area contributed by atoms with Crippen LogP contribution in [0.5, 0.6) is 0 Å². The van der Waals surface area contributed by atoms with Crippen LogP contribution >= 0.6 is 94.1 Å². The molecule has 4 aliphatic heterocycles. The second-order valence-corrected chi connectivity index (χ2v) is 23.2. The van der Waals surface area contributed by atoms with E-state index in [0.29, 0.717) is 20.3 Å². The lowest BCUT2D eigenvalue weighted by molar-refractivity contribution is -0.0837. The number of hydrogen-bond donors (Lipinski definition) is 0. The number of thioether (sulfide) groups is 8. The Morgan fingerprint density at radius 3 is 1.35 bits per heavy atom. The molecule has 34 heavy (non-hydrogen) atoms. The Kier molecular flexibility index (Phi) is 5.49. The lowest BCUT2D eigenvalue weighted by Crippen LogP contribution is -2.61. The van der Waals surface area contributed by atoms with Gasteiger partial charge in [0.25, 0.3) is 0 Å². The van der Waals surface area contributed by atoms with Gasteiger partial charge in [-0.1, -0.05) is 74.7 Å². The molecule has 6 saturated carbocycles.